The molecule has 0 N–H and O–H groups in total. The fourth-order valence-electron chi connectivity index (χ4n) is 6.76. The molecular formula is C44H30N2O. The lowest BCUT2D eigenvalue weighted by atomic mass is 9.95. The maximum Gasteiger partial charge on any atom is 0.160 e. The minimum Gasteiger partial charge on any atom is -0.456 e. The first kappa shape index (κ1) is 27.3. The predicted octanol–water partition coefficient (Wildman–Crippen LogP) is 11.8. The standard InChI is InChI=1S/C44H30N2O/c1-3-11-32(12-4-1)40-28-41(33-13-5-2-6-14-33)46-44(45-40)35-22-24-38-39-26-34(23-25-42(39)47-43(38)27-35)29-18-20-31(21-19-29)37-17-9-15-30-10-7-8-16-36(30)37/h1-13,15-28,33H,14H2. The highest BCUT2D eigenvalue weighted by atomic mass is 16.3. The second-order valence-corrected chi connectivity index (χ2v) is 12.2. The van der Waals surface area contributed by atoms with E-state index in [1.165, 1.54) is 27.5 Å². The Kier molecular flexibility index (Phi) is 6.60. The lowest BCUT2D eigenvalue weighted by Gasteiger charge is -2.15. The first-order valence-corrected chi connectivity index (χ1v) is 16.1. The largest absolute Gasteiger partial charge is 0.456 e. The van der Waals surface area contributed by atoms with Gasteiger partial charge in [-0.15, -0.1) is 0 Å². The van der Waals surface area contributed by atoms with Crippen molar-refractivity contribution in [3.8, 4) is 44.9 Å². The third-order valence-corrected chi connectivity index (χ3v) is 9.22. The van der Waals surface area contributed by atoms with E-state index in [0.717, 1.165) is 56.4 Å². The summed E-state index contributed by atoms with van der Waals surface area (Å²) in [5.41, 5.74) is 10.5. The molecule has 0 radical (unpaired) electrons. The molecule has 3 nitrogen and oxygen atoms in total. The summed E-state index contributed by atoms with van der Waals surface area (Å²) in [4.78, 5) is 10.1. The molecular weight excluding hydrogens is 572 g/mol. The van der Waals surface area contributed by atoms with Crippen molar-refractivity contribution in [2.75, 3.05) is 0 Å². The number of benzene rings is 6. The Bertz CT molecular complexity index is 2480. The van der Waals surface area contributed by atoms with Crippen molar-refractivity contribution in [3.63, 3.8) is 0 Å². The van der Waals surface area contributed by atoms with Crippen LogP contribution in [0.2, 0.25) is 0 Å². The number of rotatable bonds is 5. The van der Waals surface area contributed by atoms with Gasteiger partial charge in [-0.2, -0.15) is 0 Å². The Balaban J connectivity index is 1.08. The van der Waals surface area contributed by atoms with Gasteiger partial charge in [0.2, 0.25) is 0 Å². The average molecular weight is 603 g/mol. The van der Waals surface area contributed by atoms with Gasteiger partial charge in [0.25, 0.3) is 0 Å². The summed E-state index contributed by atoms with van der Waals surface area (Å²) in [6, 6.07) is 49.2. The highest BCUT2D eigenvalue weighted by Crippen LogP contribution is 2.37. The van der Waals surface area contributed by atoms with Crippen molar-refractivity contribution < 1.29 is 4.42 Å². The maximum absolute atomic E-state index is 6.41. The van der Waals surface area contributed by atoms with E-state index in [1.54, 1.807) is 0 Å². The SMILES string of the molecule is C1=CCC(c2cc(-c3ccccc3)nc(-c3ccc4c(c3)oc3ccc(-c5ccc(-c6cccc7ccccc67)cc5)cc34)n2)C=C1. The first-order valence-electron chi connectivity index (χ1n) is 16.1. The number of aromatic nitrogens is 2. The van der Waals surface area contributed by atoms with E-state index < -0.39 is 0 Å². The number of hydrogen-bond acceptors (Lipinski definition) is 3. The number of hydrogen-bond donors (Lipinski definition) is 0. The van der Waals surface area contributed by atoms with E-state index in [2.05, 4.69) is 146 Å². The second kappa shape index (κ2) is 11.4. The predicted molar refractivity (Wildman–Crippen MR) is 194 cm³/mol. The molecule has 0 aliphatic heterocycles. The molecule has 8 aromatic rings. The molecule has 1 unspecified atom stereocenters. The minimum absolute atomic E-state index is 0.221. The van der Waals surface area contributed by atoms with Crippen LogP contribution in [0.1, 0.15) is 18.0 Å². The van der Waals surface area contributed by atoms with E-state index in [0.29, 0.717) is 5.82 Å². The van der Waals surface area contributed by atoms with Crippen LogP contribution >= 0.6 is 0 Å². The van der Waals surface area contributed by atoms with E-state index in [-0.39, 0.29) is 5.92 Å². The molecule has 2 aromatic heterocycles. The number of nitrogens with zero attached hydrogens (tertiary/aromatic N) is 2. The van der Waals surface area contributed by atoms with Crippen molar-refractivity contribution in [1.82, 2.24) is 9.97 Å². The molecule has 0 spiro atoms. The fraction of sp³-hybridized carbons (Fsp3) is 0.0455. The summed E-state index contributed by atoms with van der Waals surface area (Å²) in [6.45, 7) is 0. The molecule has 0 bridgehead atoms. The van der Waals surface area contributed by atoms with Gasteiger partial charge in [-0.3, -0.25) is 0 Å². The van der Waals surface area contributed by atoms with E-state index >= 15 is 0 Å². The van der Waals surface area contributed by atoms with E-state index in [1.807, 2.05) is 18.2 Å². The molecule has 9 rings (SSSR count). The summed E-state index contributed by atoms with van der Waals surface area (Å²) in [5.74, 6) is 0.928. The monoisotopic (exact) mass is 602 g/mol. The van der Waals surface area contributed by atoms with E-state index in [9.17, 15) is 0 Å². The van der Waals surface area contributed by atoms with Gasteiger partial charge in [0.1, 0.15) is 11.2 Å². The third-order valence-electron chi connectivity index (χ3n) is 9.22. The normalized spacial score (nSPS) is 14.3. The van der Waals surface area contributed by atoms with Gasteiger partial charge < -0.3 is 4.42 Å². The van der Waals surface area contributed by atoms with Crippen LogP contribution in [0.15, 0.2) is 168 Å². The maximum atomic E-state index is 6.41. The lowest BCUT2D eigenvalue weighted by molar-refractivity contribution is 0.669. The van der Waals surface area contributed by atoms with Crippen LogP contribution in [0, 0.1) is 0 Å². The molecule has 47 heavy (non-hydrogen) atoms. The van der Waals surface area contributed by atoms with Gasteiger partial charge >= 0.3 is 0 Å². The van der Waals surface area contributed by atoms with Gasteiger partial charge in [-0.1, -0.05) is 133 Å². The fourth-order valence-corrected chi connectivity index (χ4v) is 6.76. The highest BCUT2D eigenvalue weighted by molar-refractivity contribution is 6.07. The summed E-state index contributed by atoms with van der Waals surface area (Å²) in [6.07, 6.45) is 9.55. The van der Waals surface area contributed by atoms with Gasteiger partial charge in [0.15, 0.2) is 5.82 Å². The smallest absolute Gasteiger partial charge is 0.160 e. The Labute approximate surface area is 273 Å². The summed E-state index contributed by atoms with van der Waals surface area (Å²) >= 11 is 0. The van der Waals surface area contributed by atoms with Gasteiger partial charge in [0.05, 0.1) is 11.4 Å². The zero-order valence-corrected chi connectivity index (χ0v) is 25.7. The first-order chi connectivity index (χ1) is 23.3. The van der Waals surface area contributed by atoms with Crippen LogP contribution in [0.5, 0.6) is 0 Å². The van der Waals surface area contributed by atoms with Crippen LogP contribution in [-0.2, 0) is 0 Å². The molecule has 0 saturated heterocycles. The Hall–Kier alpha value is -6.06. The van der Waals surface area contributed by atoms with Crippen LogP contribution < -0.4 is 0 Å². The summed E-state index contributed by atoms with van der Waals surface area (Å²) in [5, 5.41) is 4.70. The van der Waals surface area contributed by atoms with Crippen molar-refractivity contribution >= 4 is 32.7 Å². The molecule has 0 amide bonds. The molecule has 2 heterocycles. The van der Waals surface area contributed by atoms with Crippen molar-refractivity contribution in [2.24, 2.45) is 0 Å². The van der Waals surface area contributed by atoms with Crippen molar-refractivity contribution in [2.45, 2.75) is 12.3 Å². The molecule has 0 fully saturated rings. The molecule has 222 valence electrons. The second-order valence-electron chi connectivity index (χ2n) is 12.2. The molecule has 1 aliphatic rings. The Morgan fingerprint density at radius 2 is 1.30 bits per heavy atom. The molecule has 6 aromatic carbocycles. The molecule has 1 aliphatic carbocycles. The number of furan rings is 1. The van der Waals surface area contributed by atoms with Crippen LogP contribution in [0.25, 0.3) is 77.6 Å². The van der Waals surface area contributed by atoms with Gasteiger partial charge in [-0.25, -0.2) is 9.97 Å². The third kappa shape index (κ3) is 5.03. The summed E-state index contributed by atoms with van der Waals surface area (Å²) in [7, 11) is 0. The zero-order valence-electron chi connectivity index (χ0n) is 25.7. The van der Waals surface area contributed by atoms with Gasteiger partial charge in [0, 0.05) is 27.8 Å². The molecule has 1 atom stereocenters. The number of allylic oxidation sites excluding steroid dienone is 4. The van der Waals surface area contributed by atoms with Crippen LogP contribution in [0.4, 0.5) is 0 Å². The quantitative estimate of drug-likeness (QED) is 0.197. The highest BCUT2D eigenvalue weighted by Gasteiger charge is 2.17. The number of fused-ring (bicyclic) bond motifs is 4. The van der Waals surface area contributed by atoms with Crippen LogP contribution in [-0.4, -0.2) is 9.97 Å². The van der Waals surface area contributed by atoms with Crippen LogP contribution in [0.3, 0.4) is 0 Å². The minimum atomic E-state index is 0.221. The molecule has 0 saturated carbocycles. The van der Waals surface area contributed by atoms with Crippen molar-refractivity contribution in [1.29, 1.82) is 0 Å². The summed E-state index contributed by atoms with van der Waals surface area (Å²) < 4.78 is 6.41. The van der Waals surface area contributed by atoms with Crippen molar-refractivity contribution in [3.05, 3.63) is 170 Å². The Morgan fingerprint density at radius 3 is 2.17 bits per heavy atom. The van der Waals surface area contributed by atoms with Gasteiger partial charge in [-0.05, 0) is 69.8 Å². The van der Waals surface area contributed by atoms with E-state index in [4.69, 9.17) is 14.4 Å². The lowest BCUT2D eigenvalue weighted by Crippen LogP contribution is -2.03. The topological polar surface area (TPSA) is 38.9 Å². The molecule has 3 heteroatoms. The Morgan fingerprint density at radius 1 is 0.511 bits per heavy atom. The average Bonchev–Trinajstić information content (AvgIpc) is 3.52. The zero-order chi connectivity index (χ0) is 31.2.